The van der Waals surface area contributed by atoms with Crippen LogP contribution in [0.3, 0.4) is 0 Å². The molecule has 0 radical (unpaired) electrons. The Kier molecular flexibility index (Phi) is 2.68. The number of thioether (sulfide) groups is 1. The van der Waals surface area contributed by atoms with Gasteiger partial charge in [0.05, 0.1) is 6.26 Å². The largest absolute Gasteiger partial charge is 0.468 e. The lowest BCUT2D eigenvalue weighted by molar-refractivity contribution is 0.527. The van der Waals surface area contributed by atoms with E-state index in [2.05, 4.69) is 18.0 Å². The van der Waals surface area contributed by atoms with E-state index in [0.717, 1.165) is 11.5 Å². The van der Waals surface area contributed by atoms with Gasteiger partial charge in [0.25, 0.3) is 0 Å². The number of rotatable bonds is 3. The van der Waals surface area contributed by atoms with Crippen LogP contribution in [-0.2, 0) is 5.75 Å². The molecule has 14 heavy (non-hydrogen) atoms. The third kappa shape index (κ3) is 1.87. The Hall–Kier alpha value is -1.09. The number of nitrogens with one attached hydrogen (secondary N) is 1. The molecule has 0 unspecified atom stereocenters. The van der Waals surface area contributed by atoms with E-state index in [-0.39, 0.29) is 0 Å². The molecule has 0 spiro atoms. The molecule has 2 nitrogen and oxygen atoms in total. The van der Waals surface area contributed by atoms with E-state index in [9.17, 15) is 0 Å². The second-order valence-corrected chi connectivity index (χ2v) is 4.27. The van der Waals surface area contributed by atoms with Crippen LogP contribution in [-0.4, -0.2) is 4.98 Å². The molecular weight excluding hydrogens is 194 g/mol. The molecule has 0 aliphatic carbocycles. The van der Waals surface area contributed by atoms with Gasteiger partial charge in [0.1, 0.15) is 5.76 Å². The Bertz CT molecular complexity index is 376. The van der Waals surface area contributed by atoms with Crippen LogP contribution < -0.4 is 0 Å². The topological polar surface area (TPSA) is 28.9 Å². The first-order valence-electron chi connectivity index (χ1n) is 4.57. The minimum absolute atomic E-state index is 0.996. The van der Waals surface area contributed by atoms with Crippen LogP contribution in [0.5, 0.6) is 0 Å². The van der Waals surface area contributed by atoms with Crippen molar-refractivity contribution in [3.8, 4) is 0 Å². The Morgan fingerprint density at radius 1 is 1.36 bits per heavy atom. The molecule has 2 aromatic rings. The van der Waals surface area contributed by atoms with Gasteiger partial charge in [-0.05, 0) is 31.5 Å². The maximum atomic E-state index is 5.24. The Morgan fingerprint density at radius 3 is 2.79 bits per heavy atom. The molecule has 74 valence electrons. The standard InChI is InChI=1S/C11H13NOS/c1-8-10(3-5-12-8)7-14-11-4-6-13-9(11)2/h3-6,12H,7H2,1-2H3. The number of hydrogen-bond acceptors (Lipinski definition) is 2. The SMILES string of the molecule is Cc1[nH]ccc1CSc1ccoc1C. The summed E-state index contributed by atoms with van der Waals surface area (Å²) in [5, 5.41) is 0. The van der Waals surface area contributed by atoms with Crippen LogP contribution in [0, 0.1) is 13.8 Å². The van der Waals surface area contributed by atoms with E-state index in [4.69, 9.17) is 4.42 Å². The van der Waals surface area contributed by atoms with Gasteiger partial charge in [-0.25, -0.2) is 0 Å². The summed E-state index contributed by atoms with van der Waals surface area (Å²) >= 11 is 1.81. The average Bonchev–Trinajstić information content (AvgIpc) is 2.72. The Labute approximate surface area is 87.7 Å². The Balaban J connectivity index is 2.02. The quantitative estimate of drug-likeness (QED) is 0.780. The summed E-state index contributed by atoms with van der Waals surface area (Å²) in [5.41, 5.74) is 2.61. The third-order valence-corrected chi connectivity index (χ3v) is 3.45. The predicted octanol–water partition coefficient (Wildman–Crippen LogP) is 3.52. The molecule has 2 aromatic heterocycles. The third-order valence-electron chi connectivity index (χ3n) is 2.26. The molecule has 2 rings (SSSR count). The molecule has 1 N–H and O–H groups in total. The van der Waals surface area contributed by atoms with E-state index < -0.39 is 0 Å². The molecule has 0 aliphatic heterocycles. The summed E-state index contributed by atoms with van der Waals surface area (Å²) in [4.78, 5) is 4.40. The van der Waals surface area contributed by atoms with Crippen molar-refractivity contribution in [3.63, 3.8) is 0 Å². The van der Waals surface area contributed by atoms with Gasteiger partial charge >= 0.3 is 0 Å². The molecule has 0 saturated heterocycles. The van der Waals surface area contributed by atoms with Gasteiger partial charge in [0.2, 0.25) is 0 Å². The fourth-order valence-corrected chi connectivity index (χ4v) is 2.35. The van der Waals surface area contributed by atoms with E-state index in [1.807, 2.05) is 30.9 Å². The first-order chi connectivity index (χ1) is 6.77. The smallest absolute Gasteiger partial charge is 0.114 e. The summed E-state index contributed by atoms with van der Waals surface area (Å²) in [6.07, 6.45) is 3.72. The fourth-order valence-electron chi connectivity index (χ4n) is 1.32. The van der Waals surface area contributed by atoms with Crippen molar-refractivity contribution < 1.29 is 4.42 Å². The normalized spacial score (nSPS) is 10.7. The molecular formula is C11H13NOS. The van der Waals surface area contributed by atoms with Crippen LogP contribution in [0.25, 0.3) is 0 Å². The first-order valence-corrected chi connectivity index (χ1v) is 5.55. The van der Waals surface area contributed by atoms with Gasteiger partial charge in [-0.15, -0.1) is 11.8 Å². The molecule has 0 atom stereocenters. The zero-order valence-electron chi connectivity index (χ0n) is 8.33. The van der Waals surface area contributed by atoms with Crippen LogP contribution >= 0.6 is 11.8 Å². The zero-order valence-corrected chi connectivity index (χ0v) is 9.15. The summed E-state index contributed by atoms with van der Waals surface area (Å²) in [7, 11) is 0. The van der Waals surface area contributed by atoms with Crippen molar-refractivity contribution in [3.05, 3.63) is 41.6 Å². The minimum atomic E-state index is 0.996. The number of aromatic nitrogens is 1. The predicted molar refractivity (Wildman–Crippen MR) is 58.5 cm³/mol. The number of aromatic amines is 1. The van der Waals surface area contributed by atoms with E-state index in [1.165, 1.54) is 16.2 Å². The number of hydrogen-bond donors (Lipinski definition) is 1. The second kappa shape index (κ2) is 3.96. The van der Waals surface area contributed by atoms with Crippen LogP contribution in [0.15, 0.2) is 33.9 Å². The molecule has 0 aromatic carbocycles. The van der Waals surface area contributed by atoms with Gasteiger partial charge in [-0.3, -0.25) is 0 Å². The Morgan fingerprint density at radius 2 is 2.21 bits per heavy atom. The maximum Gasteiger partial charge on any atom is 0.114 e. The minimum Gasteiger partial charge on any atom is -0.468 e. The lowest BCUT2D eigenvalue weighted by atomic mass is 10.3. The highest BCUT2D eigenvalue weighted by Crippen LogP contribution is 2.27. The maximum absolute atomic E-state index is 5.24. The second-order valence-electron chi connectivity index (χ2n) is 3.26. The summed E-state index contributed by atoms with van der Waals surface area (Å²) in [5.74, 6) is 2.00. The van der Waals surface area contributed by atoms with Crippen molar-refractivity contribution in [2.75, 3.05) is 0 Å². The molecule has 2 heterocycles. The van der Waals surface area contributed by atoms with Crippen LogP contribution in [0.1, 0.15) is 17.0 Å². The molecule has 3 heteroatoms. The van der Waals surface area contributed by atoms with Crippen molar-refractivity contribution in [1.29, 1.82) is 0 Å². The lowest BCUT2D eigenvalue weighted by Crippen LogP contribution is -1.81. The van der Waals surface area contributed by atoms with Gasteiger partial charge in [-0.1, -0.05) is 0 Å². The van der Waals surface area contributed by atoms with Gasteiger partial charge in [0.15, 0.2) is 0 Å². The van der Waals surface area contributed by atoms with Crippen molar-refractivity contribution in [2.24, 2.45) is 0 Å². The van der Waals surface area contributed by atoms with Crippen molar-refractivity contribution in [1.82, 2.24) is 4.98 Å². The van der Waals surface area contributed by atoms with Crippen molar-refractivity contribution >= 4 is 11.8 Å². The monoisotopic (exact) mass is 207 g/mol. The van der Waals surface area contributed by atoms with E-state index >= 15 is 0 Å². The van der Waals surface area contributed by atoms with Gasteiger partial charge in [0, 0.05) is 22.5 Å². The van der Waals surface area contributed by atoms with Gasteiger partial charge in [-0.2, -0.15) is 0 Å². The van der Waals surface area contributed by atoms with E-state index in [0.29, 0.717) is 0 Å². The summed E-state index contributed by atoms with van der Waals surface area (Å²) < 4.78 is 5.24. The highest BCUT2D eigenvalue weighted by molar-refractivity contribution is 7.98. The van der Waals surface area contributed by atoms with Crippen molar-refractivity contribution in [2.45, 2.75) is 24.5 Å². The zero-order chi connectivity index (χ0) is 9.97. The van der Waals surface area contributed by atoms with Gasteiger partial charge < -0.3 is 9.40 Å². The molecule has 0 fully saturated rings. The first kappa shape index (κ1) is 9.46. The number of H-pyrrole nitrogens is 1. The molecule has 0 amide bonds. The summed E-state index contributed by atoms with van der Waals surface area (Å²) in [6, 6.07) is 4.14. The molecule has 0 saturated carbocycles. The lowest BCUT2D eigenvalue weighted by Gasteiger charge is -1.99. The summed E-state index contributed by atoms with van der Waals surface area (Å²) in [6.45, 7) is 4.09. The van der Waals surface area contributed by atoms with E-state index in [1.54, 1.807) is 6.26 Å². The fraction of sp³-hybridized carbons (Fsp3) is 0.273. The highest BCUT2D eigenvalue weighted by Gasteiger charge is 2.04. The molecule has 0 bridgehead atoms. The highest BCUT2D eigenvalue weighted by atomic mass is 32.2. The molecule has 0 aliphatic rings. The van der Waals surface area contributed by atoms with Crippen LogP contribution in [0.4, 0.5) is 0 Å². The number of furan rings is 1. The average molecular weight is 207 g/mol. The number of aryl methyl sites for hydroxylation is 2. The van der Waals surface area contributed by atoms with Crippen LogP contribution in [0.2, 0.25) is 0 Å².